The molecule has 0 N–H and O–H groups in total. The molecule has 0 aromatic rings. The van der Waals surface area contributed by atoms with Gasteiger partial charge in [0.2, 0.25) is 0 Å². The van der Waals surface area contributed by atoms with Crippen LogP contribution in [0.2, 0.25) is 0 Å². The molecule has 4 heteroatoms. The van der Waals surface area contributed by atoms with Crippen LogP contribution in [0.1, 0.15) is 61.3 Å². The van der Waals surface area contributed by atoms with Crippen LogP contribution in [0.25, 0.3) is 0 Å². The van der Waals surface area contributed by atoms with Gasteiger partial charge in [0.25, 0.3) is 0 Å². The maximum absolute atomic E-state index is 11.8. The largest absolute Gasteiger partial charge is 0.343 e. The van der Waals surface area contributed by atoms with E-state index in [4.69, 9.17) is 0 Å². The number of hydrogen-bond acceptors (Lipinski definition) is 3. The van der Waals surface area contributed by atoms with Crippen LogP contribution in [-0.2, 0) is 37.5 Å². The first-order chi connectivity index (χ1) is 8.95. The van der Waals surface area contributed by atoms with Gasteiger partial charge in [-0.15, -0.1) is 5.92 Å². The van der Waals surface area contributed by atoms with Crippen LogP contribution >= 0.6 is 21.6 Å². The van der Waals surface area contributed by atoms with E-state index in [0.29, 0.717) is 0 Å². The van der Waals surface area contributed by atoms with E-state index >= 15 is 0 Å². The van der Waals surface area contributed by atoms with Crippen molar-refractivity contribution in [3.8, 4) is 0 Å². The van der Waals surface area contributed by atoms with Gasteiger partial charge in [-0.2, -0.15) is 6.42 Å². The molecule has 21 heavy (non-hydrogen) atoms. The summed E-state index contributed by atoms with van der Waals surface area (Å²) < 4.78 is 0. The summed E-state index contributed by atoms with van der Waals surface area (Å²) in [5.41, 5.74) is -0.0645. The third-order valence-corrected chi connectivity index (χ3v) is 4.96. The Labute approximate surface area is 167 Å². The Bertz CT molecular complexity index is 250. The predicted octanol–water partition coefficient (Wildman–Crippen LogP) is 6.10. The number of rotatable bonds is 6. The van der Waals surface area contributed by atoms with Gasteiger partial charge in [-0.1, -0.05) is 76.5 Å². The third-order valence-electron chi connectivity index (χ3n) is 2.40. The van der Waals surface area contributed by atoms with Crippen LogP contribution in [0.5, 0.6) is 0 Å². The van der Waals surface area contributed by atoms with E-state index in [-0.39, 0.29) is 55.2 Å². The Morgan fingerprint density at radius 2 is 1.57 bits per heavy atom. The van der Waals surface area contributed by atoms with Gasteiger partial charge in [-0.25, -0.2) is 0 Å². The molecule has 0 saturated heterocycles. The molecule has 1 radical (unpaired) electrons. The van der Waals surface area contributed by atoms with Gasteiger partial charge in [-0.05, 0) is 11.2 Å². The van der Waals surface area contributed by atoms with E-state index < -0.39 is 0 Å². The Balaban J connectivity index is -0.000000347. The van der Waals surface area contributed by atoms with Gasteiger partial charge in [0.15, 0.2) is 0 Å². The molecule has 0 saturated carbocycles. The number of ketones is 1. The molecular weight excluding hydrogens is 373 g/mol. The quantitative estimate of drug-likeness (QED) is 0.301. The van der Waals surface area contributed by atoms with Crippen LogP contribution in [0.15, 0.2) is 0 Å². The van der Waals surface area contributed by atoms with E-state index in [1.165, 1.54) is 11.5 Å². The summed E-state index contributed by atoms with van der Waals surface area (Å²) in [5.74, 6) is 2.60. The maximum atomic E-state index is 11.8. The van der Waals surface area contributed by atoms with Crippen molar-refractivity contribution >= 4 is 27.4 Å². The maximum Gasteiger partial charge on any atom is 0.111 e. The topological polar surface area (TPSA) is 17.1 Å². The fraction of sp³-hybridized carbons (Fsp3) is 0.824. The molecule has 0 aliphatic carbocycles. The standard InChI is InChI=1S/C12H23O.C5H11S2.Y/c1-9(8-11(2,3)4)10(13)12(5,6)7;1-3-5-7-6-4-2;/h9H,1,8H2,2-7H3;1,3-5H2,2H3;/q2*-1;. The summed E-state index contributed by atoms with van der Waals surface area (Å²) in [5, 5.41) is 0. The molecule has 125 valence electrons. The summed E-state index contributed by atoms with van der Waals surface area (Å²) in [6.45, 7) is 22.1. The zero-order valence-corrected chi connectivity index (χ0v) is 19.6. The van der Waals surface area contributed by atoms with Crippen molar-refractivity contribution in [2.75, 3.05) is 11.5 Å². The number of carbonyl (C=O) groups is 1. The zero-order valence-electron chi connectivity index (χ0n) is 15.1. The Morgan fingerprint density at radius 1 is 1.10 bits per heavy atom. The van der Waals surface area contributed by atoms with Gasteiger partial charge >= 0.3 is 0 Å². The van der Waals surface area contributed by atoms with Crippen LogP contribution in [0.4, 0.5) is 0 Å². The van der Waals surface area contributed by atoms with Crippen molar-refractivity contribution in [3.63, 3.8) is 0 Å². The van der Waals surface area contributed by atoms with Crippen LogP contribution < -0.4 is 0 Å². The molecule has 0 spiro atoms. The summed E-state index contributed by atoms with van der Waals surface area (Å²) in [6, 6.07) is 0. The van der Waals surface area contributed by atoms with Crippen molar-refractivity contribution < 1.29 is 37.5 Å². The molecule has 0 bridgehead atoms. The predicted molar refractivity (Wildman–Crippen MR) is 97.9 cm³/mol. The second kappa shape index (κ2) is 13.9. The summed E-state index contributed by atoms with van der Waals surface area (Å²) in [4.78, 5) is 11.8. The van der Waals surface area contributed by atoms with E-state index in [9.17, 15) is 4.79 Å². The van der Waals surface area contributed by atoms with Crippen molar-refractivity contribution in [1.82, 2.24) is 0 Å². The molecule has 1 atom stereocenters. The van der Waals surface area contributed by atoms with E-state index in [1.807, 2.05) is 42.4 Å². The normalized spacial score (nSPS) is 12.8. The molecule has 1 unspecified atom stereocenters. The molecular formula is C17H34OS2Y-2. The molecule has 0 fully saturated rings. The summed E-state index contributed by atoms with van der Waals surface area (Å²) in [7, 11) is 3.82. The van der Waals surface area contributed by atoms with E-state index in [1.54, 1.807) is 0 Å². The fourth-order valence-electron chi connectivity index (χ4n) is 1.65. The summed E-state index contributed by atoms with van der Waals surface area (Å²) >= 11 is 0. The van der Waals surface area contributed by atoms with Gasteiger partial charge in [0.05, 0.1) is 0 Å². The minimum atomic E-state index is -0.252. The average Bonchev–Trinajstić information content (AvgIpc) is 2.26. The first-order valence-electron chi connectivity index (χ1n) is 7.36. The Hall–Kier alpha value is 1.47. The Kier molecular flexibility index (Phi) is 18.1. The number of hydrogen-bond donors (Lipinski definition) is 0. The van der Waals surface area contributed by atoms with E-state index in [0.717, 1.165) is 12.8 Å². The SMILES string of the molecule is [CH2-]C(CC(C)(C)C)C(=O)C(C)(C)C.[CH2-]CCSSCC.[Y]. The molecule has 0 heterocycles. The molecule has 0 amide bonds. The third kappa shape index (κ3) is 19.4. The molecule has 0 rings (SSSR count). The minimum Gasteiger partial charge on any atom is -0.343 e. The first-order valence-corrected chi connectivity index (χ1v) is 9.85. The fourth-order valence-corrected chi connectivity index (χ4v) is 3.25. The van der Waals surface area contributed by atoms with Gasteiger partial charge in [-0.3, -0.25) is 0 Å². The van der Waals surface area contributed by atoms with Crippen molar-refractivity contribution in [1.29, 1.82) is 0 Å². The molecule has 0 aliphatic rings. The van der Waals surface area contributed by atoms with Crippen LogP contribution in [0.3, 0.4) is 0 Å². The van der Waals surface area contributed by atoms with Gasteiger partial charge in [0.1, 0.15) is 5.78 Å². The molecule has 0 aliphatic heterocycles. The first kappa shape index (κ1) is 27.3. The van der Waals surface area contributed by atoms with Crippen LogP contribution in [0, 0.1) is 30.6 Å². The van der Waals surface area contributed by atoms with E-state index in [2.05, 4.69) is 41.5 Å². The van der Waals surface area contributed by atoms with Gasteiger partial charge in [0, 0.05) is 43.9 Å². The number of Topliss-reactive ketones (excluding diaryl/α,β-unsaturated/α-hetero) is 1. The molecule has 1 nitrogen and oxygen atoms in total. The average molecular weight is 407 g/mol. The van der Waals surface area contributed by atoms with Crippen molar-refractivity contribution in [3.05, 3.63) is 13.8 Å². The Morgan fingerprint density at radius 3 is 1.86 bits per heavy atom. The minimum absolute atomic E-state index is 0. The van der Waals surface area contributed by atoms with Crippen molar-refractivity contribution in [2.45, 2.75) is 61.3 Å². The van der Waals surface area contributed by atoms with Crippen LogP contribution in [-0.4, -0.2) is 17.3 Å². The van der Waals surface area contributed by atoms with Crippen molar-refractivity contribution in [2.24, 2.45) is 16.7 Å². The summed E-state index contributed by atoms with van der Waals surface area (Å²) in [6.07, 6.45) is 1.92. The van der Waals surface area contributed by atoms with Gasteiger partial charge < -0.3 is 18.6 Å². The molecule has 0 aromatic carbocycles. The smallest absolute Gasteiger partial charge is 0.111 e. The second-order valence-electron chi connectivity index (χ2n) is 7.16. The second-order valence-corrected chi connectivity index (χ2v) is 10.0. The zero-order chi connectivity index (χ0) is 16.4. The monoisotopic (exact) mass is 407 g/mol. The molecule has 0 aromatic heterocycles. The number of carbonyl (C=O) groups excluding carboxylic acids is 1.